The third-order valence-corrected chi connectivity index (χ3v) is 4.60. The van der Waals surface area contributed by atoms with Crippen molar-refractivity contribution in [1.29, 1.82) is 0 Å². The van der Waals surface area contributed by atoms with Crippen LogP contribution in [0.25, 0.3) is 0 Å². The molecule has 0 saturated carbocycles. The Kier molecular flexibility index (Phi) is 6.44. The molecule has 2 rings (SSSR count). The lowest BCUT2D eigenvalue weighted by atomic mass is 9.78. The second-order valence-corrected chi connectivity index (χ2v) is 7.83. The molecule has 2 nitrogen and oxygen atoms in total. The summed E-state index contributed by atoms with van der Waals surface area (Å²) in [5.74, 6) is 0. The van der Waals surface area contributed by atoms with Gasteiger partial charge in [0.2, 0.25) is 0 Å². The molecule has 0 aliphatic carbocycles. The van der Waals surface area contributed by atoms with Crippen molar-refractivity contribution in [2.45, 2.75) is 52.5 Å². The van der Waals surface area contributed by atoms with Gasteiger partial charge in [-0.15, -0.1) is 0 Å². The summed E-state index contributed by atoms with van der Waals surface area (Å²) >= 11 is 0. The molecule has 2 aromatic carbocycles. The van der Waals surface area contributed by atoms with Crippen molar-refractivity contribution in [2.24, 2.45) is 0 Å². The Hall–Kier alpha value is -2.06. The molecular formula is C23H32N2. The molecule has 0 spiro atoms. The zero-order valence-electron chi connectivity index (χ0n) is 16.5. The lowest BCUT2D eigenvalue weighted by Gasteiger charge is -2.33. The van der Waals surface area contributed by atoms with Crippen molar-refractivity contribution in [3.8, 4) is 0 Å². The summed E-state index contributed by atoms with van der Waals surface area (Å²) < 4.78 is 0. The van der Waals surface area contributed by atoms with Gasteiger partial charge in [-0.1, -0.05) is 73.5 Å². The van der Waals surface area contributed by atoms with E-state index >= 15 is 0 Å². The van der Waals surface area contributed by atoms with E-state index in [-0.39, 0.29) is 11.5 Å². The smallest absolute Gasteiger partial charge is 0.0516 e. The van der Waals surface area contributed by atoms with Gasteiger partial charge in [0.1, 0.15) is 0 Å². The number of hydrogen-bond donors (Lipinski definition) is 1. The largest absolute Gasteiger partial charge is 0.311 e. The molecule has 1 N–H and O–H groups in total. The van der Waals surface area contributed by atoms with Crippen molar-refractivity contribution in [2.75, 3.05) is 12.1 Å². The highest BCUT2D eigenvalue weighted by Gasteiger charge is 2.25. The summed E-state index contributed by atoms with van der Waals surface area (Å²) in [7, 11) is 2.08. The Morgan fingerprint density at radius 3 is 2.20 bits per heavy atom. The predicted molar refractivity (Wildman–Crippen MR) is 110 cm³/mol. The van der Waals surface area contributed by atoms with Gasteiger partial charge in [0.25, 0.3) is 0 Å². The van der Waals surface area contributed by atoms with Crippen LogP contribution in [0.2, 0.25) is 0 Å². The quantitative estimate of drug-likeness (QED) is 0.520. The standard InChI is InChI=1S/C23H32N2/c1-18(2)16-21(24-25(6)22-10-8-7-9-11-22)17-23(4,5)20-14-12-19(3)13-15-20/h7-16,21,24H,17H2,1-6H3. The summed E-state index contributed by atoms with van der Waals surface area (Å²) in [5, 5.41) is 2.12. The Labute approximate surface area is 153 Å². The third kappa shape index (κ3) is 5.75. The molecule has 2 heteroatoms. The molecule has 0 bridgehead atoms. The summed E-state index contributed by atoms with van der Waals surface area (Å²) in [5.41, 5.74) is 8.94. The highest BCUT2D eigenvalue weighted by atomic mass is 15.5. The van der Waals surface area contributed by atoms with Gasteiger partial charge in [-0.2, -0.15) is 0 Å². The van der Waals surface area contributed by atoms with Crippen LogP contribution in [-0.4, -0.2) is 13.1 Å². The summed E-state index contributed by atoms with van der Waals surface area (Å²) in [6.45, 7) is 11.1. The Bertz CT molecular complexity index is 680. The minimum absolute atomic E-state index is 0.0921. The molecule has 1 atom stereocenters. The maximum absolute atomic E-state index is 3.66. The molecule has 0 fully saturated rings. The highest BCUT2D eigenvalue weighted by Crippen LogP contribution is 2.29. The minimum Gasteiger partial charge on any atom is -0.311 e. The molecule has 0 amide bonds. The van der Waals surface area contributed by atoms with Crippen LogP contribution >= 0.6 is 0 Å². The second-order valence-electron chi connectivity index (χ2n) is 7.83. The van der Waals surface area contributed by atoms with E-state index in [0.29, 0.717) is 0 Å². The average Bonchev–Trinajstić information content (AvgIpc) is 2.55. The van der Waals surface area contributed by atoms with Crippen LogP contribution in [0.5, 0.6) is 0 Å². The van der Waals surface area contributed by atoms with E-state index in [4.69, 9.17) is 0 Å². The van der Waals surface area contributed by atoms with Gasteiger partial charge in [0.05, 0.1) is 5.69 Å². The molecule has 0 aromatic heterocycles. The van der Waals surface area contributed by atoms with E-state index < -0.39 is 0 Å². The average molecular weight is 337 g/mol. The third-order valence-electron chi connectivity index (χ3n) is 4.60. The number of hydrogen-bond acceptors (Lipinski definition) is 2. The van der Waals surface area contributed by atoms with Crippen LogP contribution in [0.4, 0.5) is 5.69 Å². The van der Waals surface area contributed by atoms with Crippen molar-refractivity contribution >= 4 is 5.69 Å². The molecule has 1 unspecified atom stereocenters. The molecule has 0 saturated heterocycles. The van der Waals surface area contributed by atoms with Gasteiger partial charge in [0.15, 0.2) is 0 Å². The van der Waals surface area contributed by atoms with Gasteiger partial charge < -0.3 is 5.01 Å². The normalized spacial score (nSPS) is 12.6. The number of aryl methyl sites for hydroxylation is 1. The summed E-state index contributed by atoms with van der Waals surface area (Å²) in [4.78, 5) is 0. The number of rotatable bonds is 7. The second kappa shape index (κ2) is 8.35. The molecule has 0 heterocycles. The molecule has 134 valence electrons. The number of hydrazine groups is 1. The van der Waals surface area contributed by atoms with E-state index in [1.54, 1.807) is 0 Å². The van der Waals surface area contributed by atoms with Crippen LogP contribution in [0.1, 0.15) is 45.2 Å². The van der Waals surface area contributed by atoms with Crippen LogP contribution in [0.3, 0.4) is 0 Å². The maximum atomic E-state index is 3.66. The Morgan fingerprint density at radius 1 is 1.04 bits per heavy atom. The van der Waals surface area contributed by atoms with E-state index in [1.807, 2.05) is 6.07 Å². The van der Waals surface area contributed by atoms with Crippen molar-refractivity contribution in [3.63, 3.8) is 0 Å². The number of benzene rings is 2. The zero-order valence-corrected chi connectivity index (χ0v) is 16.5. The van der Waals surface area contributed by atoms with Gasteiger partial charge in [0, 0.05) is 13.1 Å². The lowest BCUT2D eigenvalue weighted by Crippen LogP contribution is -2.44. The van der Waals surface area contributed by atoms with Crippen molar-refractivity contribution in [1.82, 2.24) is 5.43 Å². The molecule has 0 aliphatic rings. The fourth-order valence-electron chi connectivity index (χ4n) is 3.19. The number of anilines is 1. The van der Waals surface area contributed by atoms with Gasteiger partial charge in [-0.3, -0.25) is 0 Å². The minimum atomic E-state index is 0.0921. The number of para-hydroxylation sites is 1. The van der Waals surface area contributed by atoms with Crippen molar-refractivity contribution < 1.29 is 0 Å². The first-order chi connectivity index (χ1) is 11.8. The van der Waals surface area contributed by atoms with Crippen LogP contribution in [0, 0.1) is 6.92 Å². The zero-order chi connectivity index (χ0) is 18.4. The van der Waals surface area contributed by atoms with Gasteiger partial charge >= 0.3 is 0 Å². The summed E-state index contributed by atoms with van der Waals surface area (Å²) in [6, 6.07) is 19.6. The number of nitrogens with zero attached hydrogens (tertiary/aromatic N) is 1. The topological polar surface area (TPSA) is 15.3 Å². The van der Waals surface area contributed by atoms with E-state index in [0.717, 1.165) is 6.42 Å². The Morgan fingerprint density at radius 2 is 1.64 bits per heavy atom. The first kappa shape index (κ1) is 19.3. The van der Waals surface area contributed by atoms with Crippen LogP contribution < -0.4 is 10.4 Å². The maximum Gasteiger partial charge on any atom is 0.0516 e. The van der Waals surface area contributed by atoms with Crippen LogP contribution in [-0.2, 0) is 5.41 Å². The number of nitrogens with one attached hydrogen (secondary N) is 1. The molecule has 0 aliphatic heterocycles. The molecule has 0 radical (unpaired) electrons. The summed E-state index contributed by atoms with van der Waals surface area (Å²) in [6.07, 6.45) is 3.35. The highest BCUT2D eigenvalue weighted by molar-refractivity contribution is 5.44. The van der Waals surface area contributed by atoms with Gasteiger partial charge in [-0.25, -0.2) is 5.43 Å². The first-order valence-electron chi connectivity index (χ1n) is 9.05. The fraction of sp³-hybridized carbons (Fsp3) is 0.391. The van der Waals surface area contributed by atoms with Gasteiger partial charge in [-0.05, 0) is 50.3 Å². The van der Waals surface area contributed by atoms with Crippen molar-refractivity contribution in [3.05, 3.63) is 77.4 Å². The Balaban J connectivity index is 2.17. The molecular weight excluding hydrogens is 304 g/mol. The molecule has 25 heavy (non-hydrogen) atoms. The van der Waals surface area contributed by atoms with E-state index in [1.165, 1.54) is 22.4 Å². The van der Waals surface area contributed by atoms with E-state index in [9.17, 15) is 0 Å². The SMILES string of the molecule is CC(C)=CC(CC(C)(C)c1ccc(C)cc1)NN(C)c1ccccc1. The predicted octanol–water partition coefficient (Wildman–Crippen LogP) is 5.64. The number of allylic oxidation sites excluding steroid dienone is 1. The molecule has 2 aromatic rings. The fourth-order valence-corrected chi connectivity index (χ4v) is 3.19. The van der Waals surface area contributed by atoms with E-state index in [2.05, 4.69) is 107 Å². The lowest BCUT2D eigenvalue weighted by molar-refractivity contribution is 0.408. The monoisotopic (exact) mass is 336 g/mol. The first-order valence-corrected chi connectivity index (χ1v) is 9.05. The van der Waals surface area contributed by atoms with Crippen LogP contribution in [0.15, 0.2) is 66.2 Å².